The Balaban J connectivity index is 0.000000281. The molecule has 55 valence electrons. The van der Waals surface area contributed by atoms with Gasteiger partial charge in [0, 0.05) is 6.38 Å². The molecular weight excluding hydrogens is 156 g/mol. The molecule has 0 aliphatic carbocycles. The van der Waals surface area contributed by atoms with Crippen LogP contribution in [0.5, 0.6) is 0 Å². The molecule has 1 heterocycles. The first-order valence-electron chi connectivity index (χ1n) is 3.31. The van der Waals surface area contributed by atoms with Gasteiger partial charge in [0.05, 0.1) is 5.69 Å². The van der Waals surface area contributed by atoms with Crippen molar-refractivity contribution in [1.82, 2.24) is 0 Å². The number of nitrogens with zero attached hydrogens (tertiary/aromatic N) is 1. The summed E-state index contributed by atoms with van der Waals surface area (Å²) in [6.07, 6.45) is 3.30. The normalized spacial score (nSPS) is 11.1. The summed E-state index contributed by atoms with van der Waals surface area (Å²) in [7, 11) is 2.01. The Kier molecular flexibility index (Phi) is 3.18. The molecule has 1 aromatic rings. The van der Waals surface area contributed by atoms with Gasteiger partial charge in [-0.1, -0.05) is 23.7 Å². The third-order valence-corrected chi connectivity index (χ3v) is 1.40. The Hall–Kier alpha value is -0.755. The molecule has 0 fully saturated rings. The summed E-state index contributed by atoms with van der Waals surface area (Å²) >= 11 is 4.64. The minimum atomic E-state index is 1.08. The summed E-state index contributed by atoms with van der Waals surface area (Å²) in [6, 6.07) is 8.08. The Morgan fingerprint density at radius 3 is 2.73 bits per heavy atom. The van der Waals surface area contributed by atoms with Gasteiger partial charge in [0.1, 0.15) is 0 Å². The number of halogens is 1. The second-order valence-electron chi connectivity index (χ2n) is 2.00. The molecule has 1 radical (unpaired) electrons. The molecule has 1 aliphatic rings. The summed E-state index contributed by atoms with van der Waals surface area (Å²) in [6.45, 7) is 0. The number of alkyl halides is 1. The van der Waals surface area contributed by atoms with Gasteiger partial charge in [0.2, 0.25) is 7.28 Å². The van der Waals surface area contributed by atoms with Crippen molar-refractivity contribution in [3.05, 3.63) is 24.3 Å². The van der Waals surface area contributed by atoms with Crippen LogP contribution in [-0.2, 0) is 0 Å². The van der Waals surface area contributed by atoms with Crippen LogP contribution in [-0.4, -0.2) is 19.8 Å². The zero-order chi connectivity index (χ0) is 8.10. The van der Waals surface area contributed by atoms with Crippen LogP contribution in [0.3, 0.4) is 0 Å². The largest absolute Gasteiger partial charge is 0.272 e. The van der Waals surface area contributed by atoms with E-state index in [9.17, 15) is 0 Å². The number of para-hydroxylation sites is 1. The number of hydrogen-bond acceptors (Lipinski definition) is 1. The third kappa shape index (κ3) is 1.84. The molecule has 0 saturated carbocycles. The summed E-state index contributed by atoms with van der Waals surface area (Å²) in [4.78, 5) is 4.12. The molecule has 0 bridgehead atoms. The van der Waals surface area contributed by atoms with Gasteiger partial charge in [-0.2, -0.15) is 0 Å². The van der Waals surface area contributed by atoms with E-state index in [1.54, 1.807) is 0 Å². The van der Waals surface area contributed by atoms with E-state index >= 15 is 0 Å². The van der Waals surface area contributed by atoms with Crippen LogP contribution >= 0.6 is 11.6 Å². The van der Waals surface area contributed by atoms with Gasteiger partial charge in [-0.05, 0) is 12.2 Å². The molecule has 3 heteroatoms. The van der Waals surface area contributed by atoms with Gasteiger partial charge >= 0.3 is 0 Å². The number of hydrogen-bond donors (Lipinski definition) is 0. The molecule has 0 saturated heterocycles. The van der Waals surface area contributed by atoms with Gasteiger partial charge in [0.15, 0.2) is 0 Å². The van der Waals surface area contributed by atoms with Crippen molar-refractivity contribution in [2.75, 3.05) is 6.38 Å². The zero-order valence-corrected chi connectivity index (χ0v) is 7.05. The van der Waals surface area contributed by atoms with E-state index in [4.69, 9.17) is 0 Å². The van der Waals surface area contributed by atoms with Crippen LogP contribution in [0.15, 0.2) is 29.3 Å². The lowest BCUT2D eigenvalue weighted by Crippen LogP contribution is -2.09. The maximum absolute atomic E-state index is 4.64. The molecule has 2 rings (SSSR count). The summed E-state index contributed by atoms with van der Waals surface area (Å²) in [5.41, 5.74) is 2.30. The highest BCUT2D eigenvalue weighted by Crippen LogP contribution is 2.08. The van der Waals surface area contributed by atoms with Crippen molar-refractivity contribution in [3.8, 4) is 0 Å². The first-order chi connectivity index (χ1) is 5.47. The van der Waals surface area contributed by atoms with Crippen LogP contribution in [0.1, 0.15) is 0 Å². The van der Waals surface area contributed by atoms with E-state index in [1.807, 2.05) is 31.6 Å². The fraction of sp³-hybridized carbons (Fsp3) is 0.125. The lowest BCUT2D eigenvalue weighted by atomic mass is 9.74. The zero-order valence-electron chi connectivity index (χ0n) is 6.29. The maximum atomic E-state index is 4.64. The number of aliphatic imine (C=N–C) groups is 1. The minimum Gasteiger partial charge on any atom is -0.272 e. The molecule has 1 nitrogen and oxygen atoms in total. The number of fused-ring (bicyclic) bond motifs is 1. The van der Waals surface area contributed by atoms with Gasteiger partial charge in [-0.15, -0.1) is 11.6 Å². The Bertz CT molecular complexity index is 260. The van der Waals surface area contributed by atoms with E-state index in [1.165, 1.54) is 11.8 Å². The molecule has 1 aliphatic heterocycles. The molecule has 0 atom stereocenters. The lowest BCUT2D eigenvalue weighted by molar-refractivity contribution is 1.60. The highest BCUT2D eigenvalue weighted by molar-refractivity contribution is 6.82. The average Bonchev–Trinajstić information content (AvgIpc) is 2.55. The highest BCUT2D eigenvalue weighted by atomic mass is 35.5. The van der Waals surface area contributed by atoms with E-state index in [-0.39, 0.29) is 0 Å². The van der Waals surface area contributed by atoms with Crippen molar-refractivity contribution in [1.29, 1.82) is 0 Å². The van der Waals surface area contributed by atoms with Gasteiger partial charge in [-0.25, -0.2) is 0 Å². The van der Waals surface area contributed by atoms with E-state index in [0.29, 0.717) is 0 Å². The minimum absolute atomic E-state index is 1.08. The van der Waals surface area contributed by atoms with E-state index in [0.717, 1.165) is 5.69 Å². The molecular formula is C8H8BClN. The molecule has 0 amide bonds. The molecule has 0 unspecified atom stereocenters. The number of rotatable bonds is 0. The second-order valence-corrected chi connectivity index (χ2v) is 2.00. The summed E-state index contributed by atoms with van der Waals surface area (Å²) in [5.74, 6) is 0. The van der Waals surface area contributed by atoms with Crippen LogP contribution in [0.25, 0.3) is 0 Å². The fourth-order valence-electron chi connectivity index (χ4n) is 0.944. The third-order valence-electron chi connectivity index (χ3n) is 1.40. The van der Waals surface area contributed by atoms with Gasteiger partial charge < -0.3 is 0 Å². The first-order valence-corrected chi connectivity index (χ1v) is 4.07. The predicted octanol–water partition coefficient (Wildman–Crippen LogP) is 1.54. The van der Waals surface area contributed by atoms with E-state index < -0.39 is 0 Å². The van der Waals surface area contributed by atoms with Crippen LogP contribution in [0.4, 0.5) is 5.69 Å². The van der Waals surface area contributed by atoms with Crippen molar-refractivity contribution in [2.24, 2.45) is 4.99 Å². The fourth-order valence-corrected chi connectivity index (χ4v) is 0.944. The van der Waals surface area contributed by atoms with E-state index in [2.05, 4.69) is 22.7 Å². The SMILES string of the molecule is CCl.[B]1C=Nc2ccccc21. The smallest absolute Gasteiger partial charge is 0.209 e. The Labute approximate surface area is 72.3 Å². The van der Waals surface area contributed by atoms with Gasteiger partial charge in [-0.3, -0.25) is 4.99 Å². The molecule has 0 spiro atoms. The van der Waals surface area contributed by atoms with Crippen molar-refractivity contribution < 1.29 is 0 Å². The van der Waals surface area contributed by atoms with Crippen LogP contribution in [0, 0.1) is 0 Å². The quantitative estimate of drug-likeness (QED) is 0.407. The second kappa shape index (κ2) is 4.19. The predicted molar refractivity (Wildman–Crippen MR) is 51.8 cm³/mol. The van der Waals surface area contributed by atoms with Crippen LogP contribution in [0.2, 0.25) is 0 Å². The average molecular weight is 164 g/mol. The molecule has 0 N–H and O–H groups in total. The van der Waals surface area contributed by atoms with Crippen molar-refractivity contribution in [3.63, 3.8) is 0 Å². The van der Waals surface area contributed by atoms with Crippen LogP contribution < -0.4 is 5.46 Å². The summed E-state index contributed by atoms with van der Waals surface area (Å²) < 4.78 is 0. The van der Waals surface area contributed by atoms with Crippen molar-refractivity contribution >= 4 is 36.1 Å². The topological polar surface area (TPSA) is 12.4 Å². The lowest BCUT2D eigenvalue weighted by Gasteiger charge is -1.91. The Morgan fingerprint density at radius 1 is 1.27 bits per heavy atom. The first kappa shape index (κ1) is 8.34. The highest BCUT2D eigenvalue weighted by Gasteiger charge is 2.03. The molecule has 0 aromatic heterocycles. The standard InChI is InChI=1S/C7H5BN.CH3Cl/c1-2-4-7-6(3-1)8-5-9-7;1-2/h1-5H;1H3. The maximum Gasteiger partial charge on any atom is 0.209 e. The van der Waals surface area contributed by atoms with Gasteiger partial charge in [0.25, 0.3) is 0 Å². The van der Waals surface area contributed by atoms with Crippen molar-refractivity contribution in [2.45, 2.75) is 0 Å². The molecule has 11 heavy (non-hydrogen) atoms. The monoisotopic (exact) mass is 164 g/mol. The summed E-state index contributed by atoms with van der Waals surface area (Å²) in [5, 5.41) is 0. The number of benzene rings is 1. The Morgan fingerprint density at radius 2 is 2.00 bits per heavy atom. The molecule has 1 aromatic carbocycles.